The summed E-state index contributed by atoms with van der Waals surface area (Å²) in [5.74, 6) is 0.315. The number of rotatable bonds is 4. The van der Waals surface area contributed by atoms with Crippen LogP contribution in [0, 0.1) is 17.8 Å². The van der Waals surface area contributed by atoms with Gasteiger partial charge in [0, 0.05) is 10.6 Å². The highest BCUT2D eigenvalue weighted by atomic mass is 35.5. The monoisotopic (exact) mass is 340 g/mol. The van der Waals surface area contributed by atoms with Crippen molar-refractivity contribution in [3.05, 3.63) is 28.8 Å². The van der Waals surface area contributed by atoms with E-state index in [0.717, 1.165) is 19.3 Å². The third-order valence-electron chi connectivity index (χ3n) is 4.74. The van der Waals surface area contributed by atoms with E-state index < -0.39 is 12.1 Å². The van der Waals surface area contributed by atoms with Gasteiger partial charge in [-0.3, -0.25) is 0 Å². The number of phenolic OH excluding ortho intramolecular Hbond substituents is 1. The predicted molar refractivity (Wildman–Crippen MR) is 89.3 cm³/mol. The van der Waals surface area contributed by atoms with Crippen LogP contribution in [-0.2, 0) is 9.53 Å². The van der Waals surface area contributed by atoms with Gasteiger partial charge in [0.05, 0.1) is 0 Å². The first-order chi connectivity index (χ1) is 10.8. The minimum Gasteiger partial charge on any atom is -0.508 e. The standard InChI is InChI=1S/C18H25ClO4/c1-10(2)13-6-4-11(3)8-16(13)23-18(22)17(21)14-9-12(19)5-7-15(14)20/h5,7,9-11,13,16-17,20-21H,4,6,8H2,1-3H3/t11-,13+,16-,17?/m0/s1. The minimum absolute atomic E-state index is 0.0763. The number of carbonyl (C=O) groups is 1. The lowest BCUT2D eigenvalue weighted by atomic mass is 9.75. The van der Waals surface area contributed by atoms with Gasteiger partial charge >= 0.3 is 5.97 Å². The zero-order valence-electron chi connectivity index (χ0n) is 13.8. The zero-order chi connectivity index (χ0) is 17.1. The summed E-state index contributed by atoms with van der Waals surface area (Å²) in [6, 6.07) is 4.23. The molecule has 0 radical (unpaired) electrons. The van der Waals surface area contributed by atoms with Crippen LogP contribution in [0.15, 0.2) is 18.2 Å². The number of hydrogen-bond donors (Lipinski definition) is 2. The number of aliphatic hydroxyl groups is 1. The quantitative estimate of drug-likeness (QED) is 0.810. The highest BCUT2D eigenvalue weighted by Crippen LogP contribution is 2.36. The van der Waals surface area contributed by atoms with E-state index >= 15 is 0 Å². The Hall–Kier alpha value is -1.26. The van der Waals surface area contributed by atoms with Crippen molar-refractivity contribution in [2.75, 3.05) is 0 Å². The summed E-state index contributed by atoms with van der Waals surface area (Å²) in [5.41, 5.74) is 0.0763. The fourth-order valence-electron chi connectivity index (χ4n) is 3.34. The van der Waals surface area contributed by atoms with E-state index in [1.165, 1.54) is 18.2 Å². The maximum absolute atomic E-state index is 12.3. The molecule has 23 heavy (non-hydrogen) atoms. The average molecular weight is 341 g/mol. The summed E-state index contributed by atoms with van der Waals surface area (Å²) in [6.45, 7) is 6.40. The third kappa shape index (κ3) is 4.39. The van der Waals surface area contributed by atoms with Crippen LogP contribution in [0.1, 0.15) is 51.7 Å². The normalized spacial score (nSPS) is 26.1. The van der Waals surface area contributed by atoms with Gasteiger partial charge in [-0.25, -0.2) is 4.79 Å². The second-order valence-corrected chi connectivity index (χ2v) is 7.34. The van der Waals surface area contributed by atoms with Crippen molar-refractivity contribution < 1.29 is 19.7 Å². The lowest BCUT2D eigenvalue weighted by Crippen LogP contribution is -2.37. The molecule has 128 valence electrons. The molecular formula is C18H25ClO4. The molecule has 0 bridgehead atoms. The summed E-state index contributed by atoms with van der Waals surface area (Å²) in [7, 11) is 0. The minimum atomic E-state index is -1.53. The van der Waals surface area contributed by atoms with E-state index in [9.17, 15) is 15.0 Å². The van der Waals surface area contributed by atoms with Crippen LogP contribution in [0.25, 0.3) is 0 Å². The number of phenols is 1. The summed E-state index contributed by atoms with van der Waals surface area (Å²) < 4.78 is 5.60. The molecule has 4 nitrogen and oxygen atoms in total. The van der Waals surface area contributed by atoms with Gasteiger partial charge in [-0.05, 0) is 48.8 Å². The molecule has 0 amide bonds. The van der Waals surface area contributed by atoms with E-state index in [1.807, 2.05) is 0 Å². The molecule has 0 saturated heterocycles. The Morgan fingerprint density at radius 3 is 2.70 bits per heavy atom. The Labute approximate surface area is 142 Å². The molecule has 1 aliphatic carbocycles. The SMILES string of the molecule is CC(C)[C@H]1CC[C@H](C)C[C@@H]1OC(=O)C(O)c1cc(Cl)ccc1O. The Balaban J connectivity index is 2.11. The van der Waals surface area contributed by atoms with E-state index in [0.29, 0.717) is 22.8 Å². The highest BCUT2D eigenvalue weighted by Gasteiger charge is 2.35. The summed E-state index contributed by atoms with van der Waals surface area (Å²) in [5, 5.41) is 20.4. The molecule has 5 heteroatoms. The number of ether oxygens (including phenoxy) is 1. The molecular weight excluding hydrogens is 316 g/mol. The number of aliphatic hydroxyl groups excluding tert-OH is 1. The Kier molecular flexibility index (Phi) is 5.93. The lowest BCUT2D eigenvalue weighted by molar-refractivity contribution is -0.166. The zero-order valence-corrected chi connectivity index (χ0v) is 14.6. The van der Waals surface area contributed by atoms with Gasteiger partial charge < -0.3 is 14.9 Å². The largest absolute Gasteiger partial charge is 0.508 e. The fraction of sp³-hybridized carbons (Fsp3) is 0.611. The molecule has 1 unspecified atom stereocenters. The van der Waals surface area contributed by atoms with Crippen molar-refractivity contribution in [1.29, 1.82) is 0 Å². The Morgan fingerprint density at radius 2 is 2.04 bits per heavy atom. The molecule has 0 aliphatic heterocycles. The molecule has 0 aromatic heterocycles. The van der Waals surface area contributed by atoms with Crippen LogP contribution in [0.2, 0.25) is 5.02 Å². The number of aromatic hydroxyl groups is 1. The van der Waals surface area contributed by atoms with E-state index in [1.54, 1.807) is 0 Å². The van der Waals surface area contributed by atoms with Gasteiger partial charge in [0.1, 0.15) is 11.9 Å². The number of benzene rings is 1. The van der Waals surface area contributed by atoms with Crippen molar-refractivity contribution in [2.45, 2.75) is 52.2 Å². The first-order valence-corrected chi connectivity index (χ1v) is 8.54. The van der Waals surface area contributed by atoms with Gasteiger partial charge in [-0.15, -0.1) is 0 Å². The van der Waals surface area contributed by atoms with E-state index in [-0.39, 0.29) is 17.4 Å². The molecule has 1 aliphatic rings. The van der Waals surface area contributed by atoms with Crippen LogP contribution < -0.4 is 0 Å². The van der Waals surface area contributed by atoms with Gasteiger partial charge in [0.15, 0.2) is 6.10 Å². The molecule has 4 atom stereocenters. The molecule has 2 rings (SSSR count). The van der Waals surface area contributed by atoms with Crippen molar-refractivity contribution in [3.63, 3.8) is 0 Å². The van der Waals surface area contributed by atoms with E-state index in [4.69, 9.17) is 16.3 Å². The Morgan fingerprint density at radius 1 is 1.35 bits per heavy atom. The third-order valence-corrected chi connectivity index (χ3v) is 4.97. The molecule has 1 fully saturated rings. The Bertz CT molecular complexity index is 558. The molecule has 0 heterocycles. The van der Waals surface area contributed by atoms with Gasteiger partial charge in [0.25, 0.3) is 0 Å². The summed E-state index contributed by atoms with van der Waals surface area (Å²) in [4.78, 5) is 12.3. The van der Waals surface area contributed by atoms with E-state index in [2.05, 4.69) is 20.8 Å². The first-order valence-electron chi connectivity index (χ1n) is 8.16. The number of esters is 1. The van der Waals surface area contributed by atoms with Gasteiger partial charge in [-0.2, -0.15) is 0 Å². The molecule has 1 saturated carbocycles. The summed E-state index contributed by atoms with van der Waals surface area (Å²) in [6.07, 6.45) is 1.24. The van der Waals surface area contributed by atoms with Crippen LogP contribution in [-0.4, -0.2) is 22.3 Å². The first kappa shape index (κ1) is 18.1. The average Bonchev–Trinajstić information content (AvgIpc) is 2.48. The molecule has 1 aromatic carbocycles. The van der Waals surface area contributed by atoms with Crippen LogP contribution in [0.3, 0.4) is 0 Å². The van der Waals surface area contributed by atoms with Gasteiger partial charge in [0.2, 0.25) is 0 Å². The second kappa shape index (κ2) is 7.54. The number of halogens is 1. The lowest BCUT2D eigenvalue weighted by Gasteiger charge is -2.37. The number of carbonyl (C=O) groups excluding carboxylic acids is 1. The van der Waals surface area contributed by atoms with Crippen LogP contribution in [0.5, 0.6) is 5.75 Å². The fourth-order valence-corrected chi connectivity index (χ4v) is 3.52. The maximum Gasteiger partial charge on any atom is 0.340 e. The molecule has 2 N–H and O–H groups in total. The number of hydrogen-bond acceptors (Lipinski definition) is 4. The van der Waals surface area contributed by atoms with Crippen LogP contribution in [0.4, 0.5) is 0 Å². The predicted octanol–water partition coefficient (Wildman–Crippen LogP) is 4.08. The van der Waals surface area contributed by atoms with Crippen molar-refractivity contribution in [1.82, 2.24) is 0 Å². The molecule has 1 aromatic rings. The highest BCUT2D eigenvalue weighted by molar-refractivity contribution is 6.30. The van der Waals surface area contributed by atoms with Crippen molar-refractivity contribution in [3.8, 4) is 5.75 Å². The van der Waals surface area contributed by atoms with Crippen molar-refractivity contribution >= 4 is 17.6 Å². The molecule has 0 spiro atoms. The summed E-state index contributed by atoms with van der Waals surface area (Å²) >= 11 is 5.87. The smallest absolute Gasteiger partial charge is 0.340 e. The van der Waals surface area contributed by atoms with Crippen molar-refractivity contribution in [2.24, 2.45) is 17.8 Å². The van der Waals surface area contributed by atoms with Crippen LogP contribution >= 0.6 is 11.6 Å². The topological polar surface area (TPSA) is 66.8 Å². The maximum atomic E-state index is 12.3. The van der Waals surface area contributed by atoms with Gasteiger partial charge in [-0.1, -0.05) is 38.8 Å². The second-order valence-electron chi connectivity index (χ2n) is 6.91.